The van der Waals surface area contributed by atoms with Crippen LogP contribution in [-0.2, 0) is 20.5 Å². The van der Waals surface area contributed by atoms with Crippen molar-refractivity contribution in [1.29, 1.82) is 0 Å². The molecule has 0 bridgehead atoms. The summed E-state index contributed by atoms with van der Waals surface area (Å²) in [6.45, 7) is 0.142. The number of amides is 1. The Labute approximate surface area is 135 Å². The summed E-state index contributed by atoms with van der Waals surface area (Å²) in [6, 6.07) is 4.90. The van der Waals surface area contributed by atoms with Gasteiger partial charge in [0.15, 0.2) is 5.54 Å². The predicted molar refractivity (Wildman–Crippen MR) is 76.2 cm³/mol. The van der Waals surface area contributed by atoms with Gasteiger partial charge in [0.2, 0.25) is 5.91 Å². The van der Waals surface area contributed by atoms with Gasteiger partial charge in [-0.05, 0) is 24.0 Å². The second-order valence-corrected chi connectivity index (χ2v) is 6.25. The summed E-state index contributed by atoms with van der Waals surface area (Å²) in [4.78, 5) is 23.7. The Bertz CT molecular complexity index is 668. The molecule has 2 N–H and O–H groups in total. The summed E-state index contributed by atoms with van der Waals surface area (Å²) in [5, 5.41) is 11.8. The number of aliphatic carboxylic acids is 1. The zero-order valence-corrected chi connectivity index (χ0v) is 12.6. The van der Waals surface area contributed by atoms with E-state index in [9.17, 15) is 27.9 Å². The molecule has 1 saturated carbocycles. The number of carboxylic acid groups (broad SMARTS) is 1. The van der Waals surface area contributed by atoms with Crippen LogP contribution in [0.5, 0.6) is 0 Å². The van der Waals surface area contributed by atoms with Crippen molar-refractivity contribution < 1.29 is 32.6 Å². The lowest BCUT2D eigenvalue weighted by molar-refractivity contribution is -0.147. The molecular weight excluding hydrogens is 327 g/mol. The average molecular weight is 343 g/mol. The number of alkyl halides is 3. The highest BCUT2D eigenvalue weighted by Gasteiger charge is 2.50. The number of carbonyl (C=O) groups is 2. The maximum atomic E-state index is 12.8. The van der Waals surface area contributed by atoms with E-state index in [2.05, 4.69) is 5.32 Å². The van der Waals surface area contributed by atoms with Gasteiger partial charge in [0.25, 0.3) is 0 Å². The van der Waals surface area contributed by atoms with E-state index in [1.807, 2.05) is 0 Å². The van der Waals surface area contributed by atoms with Gasteiger partial charge in [0, 0.05) is 18.9 Å². The molecule has 3 unspecified atom stereocenters. The monoisotopic (exact) mass is 343 g/mol. The van der Waals surface area contributed by atoms with Crippen LogP contribution in [0.25, 0.3) is 0 Å². The number of ether oxygens (including phenoxy) is 1. The minimum Gasteiger partial charge on any atom is -0.479 e. The number of rotatable bonds is 4. The van der Waals surface area contributed by atoms with E-state index < -0.39 is 35.1 Å². The highest BCUT2D eigenvalue weighted by atomic mass is 19.4. The number of halogens is 3. The molecule has 1 aromatic carbocycles. The smallest absolute Gasteiger partial charge is 0.416 e. The van der Waals surface area contributed by atoms with Crippen LogP contribution in [0, 0.1) is 5.92 Å². The van der Waals surface area contributed by atoms with Crippen molar-refractivity contribution >= 4 is 11.9 Å². The molecule has 2 aliphatic rings. The molecule has 0 aromatic heterocycles. The summed E-state index contributed by atoms with van der Waals surface area (Å²) in [6.07, 6.45) is -3.85. The van der Waals surface area contributed by atoms with E-state index in [1.165, 1.54) is 6.07 Å². The Hall–Kier alpha value is -2.09. The van der Waals surface area contributed by atoms with E-state index >= 15 is 0 Å². The molecule has 1 aliphatic heterocycles. The summed E-state index contributed by atoms with van der Waals surface area (Å²) in [5.41, 5.74) is -1.74. The number of hydrogen-bond donors (Lipinski definition) is 2. The third kappa shape index (κ3) is 3.10. The van der Waals surface area contributed by atoms with Crippen LogP contribution in [0.1, 0.15) is 29.9 Å². The summed E-state index contributed by atoms with van der Waals surface area (Å²) in [7, 11) is 0. The molecular formula is C16H16F3NO4. The fourth-order valence-corrected chi connectivity index (χ4v) is 3.01. The molecule has 8 heteroatoms. The Kier molecular flexibility index (Phi) is 4.03. The quantitative estimate of drug-likeness (QED) is 0.879. The van der Waals surface area contributed by atoms with Crippen LogP contribution in [0.4, 0.5) is 13.2 Å². The van der Waals surface area contributed by atoms with Crippen molar-refractivity contribution in [2.45, 2.75) is 30.5 Å². The Morgan fingerprint density at radius 3 is 2.67 bits per heavy atom. The molecule has 1 aromatic rings. The first kappa shape index (κ1) is 16.8. The number of benzene rings is 1. The fraction of sp³-hybridized carbons (Fsp3) is 0.500. The predicted octanol–water partition coefficient (Wildman–Crippen LogP) is 2.17. The highest BCUT2D eigenvalue weighted by Crippen LogP contribution is 2.48. The minimum atomic E-state index is -4.43. The van der Waals surface area contributed by atoms with Crippen LogP contribution >= 0.6 is 0 Å². The molecule has 0 radical (unpaired) electrons. The molecule has 5 nitrogen and oxygen atoms in total. The second-order valence-electron chi connectivity index (χ2n) is 6.25. The molecule has 3 atom stereocenters. The molecule has 2 fully saturated rings. The van der Waals surface area contributed by atoms with Gasteiger partial charge in [-0.15, -0.1) is 0 Å². The van der Waals surface area contributed by atoms with Crippen molar-refractivity contribution in [1.82, 2.24) is 5.32 Å². The summed E-state index contributed by atoms with van der Waals surface area (Å²) in [5.74, 6) is -2.44. The third-order valence-corrected chi connectivity index (χ3v) is 4.56. The van der Waals surface area contributed by atoms with E-state index in [0.29, 0.717) is 12.0 Å². The van der Waals surface area contributed by atoms with Crippen molar-refractivity contribution in [2.24, 2.45) is 5.92 Å². The molecule has 24 heavy (non-hydrogen) atoms. The summed E-state index contributed by atoms with van der Waals surface area (Å²) < 4.78 is 43.3. The first-order valence-electron chi connectivity index (χ1n) is 7.53. The van der Waals surface area contributed by atoms with Gasteiger partial charge in [-0.1, -0.05) is 18.2 Å². The van der Waals surface area contributed by atoms with Crippen molar-refractivity contribution in [3.63, 3.8) is 0 Å². The Balaban J connectivity index is 1.69. The number of carboxylic acids is 1. The maximum absolute atomic E-state index is 12.8. The molecule has 1 saturated heterocycles. The molecule has 1 heterocycles. The van der Waals surface area contributed by atoms with E-state index in [1.54, 1.807) is 6.07 Å². The van der Waals surface area contributed by atoms with Gasteiger partial charge >= 0.3 is 12.1 Å². The lowest BCUT2D eigenvalue weighted by Gasteiger charge is -2.23. The van der Waals surface area contributed by atoms with Crippen LogP contribution < -0.4 is 5.32 Å². The SMILES string of the molecule is O=C(NC1(C(=O)O)CCOC1)C1CC1c1cccc(C(F)(F)F)c1. The molecule has 1 aliphatic carbocycles. The fourth-order valence-electron chi connectivity index (χ4n) is 3.01. The van der Waals surface area contributed by atoms with Crippen LogP contribution in [0.15, 0.2) is 24.3 Å². The molecule has 0 spiro atoms. The number of carbonyl (C=O) groups excluding carboxylic acids is 1. The number of nitrogens with one attached hydrogen (secondary N) is 1. The van der Waals surface area contributed by atoms with Gasteiger partial charge in [-0.3, -0.25) is 4.79 Å². The van der Waals surface area contributed by atoms with Gasteiger partial charge < -0.3 is 15.2 Å². The van der Waals surface area contributed by atoms with Gasteiger partial charge in [-0.2, -0.15) is 13.2 Å². The normalized spacial score (nSPS) is 29.3. The topological polar surface area (TPSA) is 75.6 Å². The van der Waals surface area contributed by atoms with Crippen LogP contribution in [-0.4, -0.2) is 35.7 Å². The molecule has 1 amide bonds. The number of hydrogen-bond acceptors (Lipinski definition) is 3. The van der Waals surface area contributed by atoms with E-state index in [4.69, 9.17) is 4.74 Å². The largest absolute Gasteiger partial charge is 0.479 e. The standard InChI is InChI=1S/C16H16F3NO4/c17-16(18,19)10-3-1-2-9(6-10)11-7-12(11)13(21)20-15(14(22)23)4-5-24-8-15/h1-3,6,11-12H,4-5,7-8H2,(H,20,21)(H,22,23). The highest BCUT2D eigenvalue weighted by molar-refractivity contribution is 5.90. The molecule has 3 rings (SSSR count). The van der Waals surface area contributed by atoms with Gasteiger partial charge in [0.05, 0.1) is 12.2 Å². The zero-order valence-electron chi connectivity index (χ0n) is 12.6. The minimum absolute atomic E-state index is 0.102. The lowest BCUT2D eigenvalue weighted by atomic mass is 9.98. The first-order chi connectivity index (χ1) is 11.2. The van der Waals surface area contributed by atoms with E-state index in [0.717, 1.165) is 12.1 Å². The van der Waals surface area contributed by atoms with Crippen LogP contribution in [0.3, 0.4) is 0 Å². The zero-order chi connectivity index (χ0) is 17.5. The van der Waals surface area contributed by atoms with E-state index in [-0.39, 0.29) is 25.6 Å². The average Bonchev–Trinajstić information content (AvgIpc) is 3.19. The van der Waals surface area contributed by atoms with Crippen LogP contribution in [0.2, 0.25) is 0 Å². The Morgan fingerprint density at radius 2 is 2.08 bits per heavy atom. The second kappa shape index (κ2) is 5.77. The van der Waals surface area contributed by atoms with Gasteiger partial charge in [0.1, 0.15) is 0 Å². The maximum Gasteiger partial charge on any atom is 0.416 e. The first-order valence-corrected chi connectivity index (χ1v) is 7.53. The molecule has 130 valence electrons. The van der Waals surface area contributed by atoms with Crippen molar-refractivity contribution in [3.05, 3.63) is 35.4 Å². The third-order valence-electron chi connectivity index (χ3n) is 4.56. The summed E-state index contributed by atoms with van der Waals surface area (Å²) >= 11 is 0. The Morgan fingerprint density at radius 1 is 1.33 bits per heavy atom. The lowest BCUT2D eigenvalue weighted by Crippen LogP contribution is -2.55. The van der Waals surface area contributed by atoms with Crippen molar-refractivity contribution in [2.75, 3.05) is 13.2 Å². The van der Waals surface area contributed by atoms with Gasteiger partial charge in [-0.25, -0.2) is 4.79 Å². The van der Waals surface area contributed by atoms with Crippen molar-refractivity contribution in [3.8, 4) is 0 Å².